The molecular weight excluding hydrogens is 326 g/mol. The van der Waals surface area contributed by atoms with Crippen LogP contribution in [0.4, 0.5) is 0 Å². The average Bonchev–Trinajstić information content (AvgIpc) is 3.04. The van der Waals surface area contributed by atoms with Gasteiger partial charge in [-0.2, -0.15) is 0 Å². The molecule has 1 heterocycles. The van der Waals surface area contributed by atoms with Gasteiger partial charge in [-0.15, -0.1) is 0 Å². The van der Waals surface area contributed by atoms with E-state index >= 15 is 0 Å². The molecule has 1 unspecified atom stereocenters. The van der Waals surface area contributed by atoms with Gasteiger partial charge in [-0.3, -0.25) is 9.89 Å². The van der Waals surface area contributed by atoms with Gasteiger partial charge in [-0.05, 0) is 31.8 Å². The number of hydrogen-bond donors (Lipinski definition) is 2. The Bertz CT molecular complexity index is 513. The highest BCUT2D eigenvalue weighted by Gasteiger charge is 2.18. The summed E-state index contributed by atoms with van der Waals surface area (Å²) < 4.78 is 5.45. The van der Waals surface area contributed by atoms with Gasteiger partial charge < -0.3 is 15.2 Å². The number of aryl methyl sites for hydroxylation is 2. The lowest BCUT2D eigenvalue weighted by Gasteiger charge is -2.31. The van der Waals surface area contributed by atoms with E-state index in [0.29, 0.717) is 18.5 Å². The Morgan fingerprint density at radius 2 is 1.81 bits per heavy atom. The highest BCUT2D eigenvalue weighted by Crippen LogP contribution is 2.15. The predicted molar refractivity (Wildman–Crippen MR) is 110 cm³/mol. The maximum Gasteiger partial charge on any atom is 0.191 e. The molecule has 0 radical (unpaired) electrons. The van der Waals surface area contributed by atoms with Gasteiger partial charge in [0.1, 0.15) is 5.76 Å². The molecule has 1 aromatic heterocycles. The van der Waals surface area contributed by atoms with Crippen molar-refractivity contribution in [2.75, 3.05) is 26.7 Å². The van der Waals surface area contributed by atoms with Crippen molar-refractivity contribution in [1.82, 2.24) is 20.7 Å². The van der Waals surface area contributed by atoms with E-state index in [4.69, 9.17) is 4.52 Å². The quantitative estimate of drug-likeness (QED) is 0.466. The van der Waals surface area contributed by atoms with Gasteiger partial charge in [0.2, 0.25) is 0 Å². The standard InChI is InChI=1S/C20H39N5O/c1-8-18-17(19(9-2)26-24-18)14-23-20(21-7)22-13-16(12-15(5)6)25(10-3)11-4/h15-16H,8-14H2,1-7H3,(H2,21,22,23). The van der Waals surface area contributed by atoms with Gasteiger partial charge in [0.25, 0.3) is 0 Å². The van der Waals surface area contributed by atoms with E-state index < -0.39 is 0 Å². The molecule has 0 aliphatic rings. The first kappa shape index (κ1) is 22.5. The highest BCUT2D eigenvalue weighted by molar-refractivity contribution is 5.79. The number of guanidine groups is 1. The zero-order valence-electron chi connectivity index (χ0n) is 17.9. The van der Waals surface area contributed by atoms with Crippen molar-refractivity contribution < 1.29 is 4.52 Å². The van der Waals surface area contributed by atoms with E-state index in [1.54, 1.807) is 0 Å². The number of nitrogens with zero attached hydrogens (tertiary/aromatic N) is 3. The van der Waals surface area contributed by atoms with Gasteiger partial charge in [-0.25, -0.2) is 0 Å². The molecule has 2 N–H and O–H groups in total. The monoisotopic (exact) mass is 365 g/mol. The molecule has 0 aliphatic carbocycles. The third-order valence-electron chi connectivity index (χ3n) is 4.84. The minimum Gasteiger partial charge on any atom is -0.361 e. The lowest BCUT2D eigenvalue weighted by molar-refractivity contribution is 0.191. The summed E-state index contributed by atoms with van der Waals surface area (Å²) in [7, 11) is 1.82. The van der Waals surface area contributed by atoms with Crippen LogP contribution in [0.1, 0.15) is 65.0 Å². The van der Waals surface area contributed by atoms with Gasteiger partial charge >= 0.3 is 0 Å². The molecular formula is C20H39N5O. The summed E-state index contributed by atoms with van der Waals surface area (Å²) in [5.74, 6) is 2.47. The Labute approximate surface area is 159 Å². The van der Waals surface area contributed by atoms with Crippen LogP contribution < -0.4 is 10.6 Å². The minimum absolute atomic E-state index is 0.511. The van der Waals surface area contributed by atoms with Crippen LogP contribution >= 0.6 is 0 Å². The third-order valence-corrected chi connectivity index (χ3v) is 4.84. The summed E-state index contributed by atoms with van der Waals surface area (Å²) >= 11 is 0. The molecule has 26 heavy (non-hydrogen) atoms. The number of hydrogen-bond acceptors (Lipinski definition) is 4. The van der Waals surface area contributed by atoms with Gasteiger partial charge in [0.15, 0.2) is 5.96 Å². The van der Waals surface area contributed by atoms with Crippen molar-refractivity contribution in [1.29, 1.82) is 0 Å². The topological polar surface area (TPSA) is 65.7 Å². The zero-order chi connectivity index (χ0) is 19.5. The first-order valence-electron chi connectivity index (χ1n) is 10.1. The number of likely N-dealkylation sites (N-methyl/N-ethyl adjacent to an activating group) is 1. The molecule has 1 aromatic rings. The molecule has 150 valence electrons. The van der Waals surface area contributed by atoms with E-state index in [-0.39, 0.29) is 0 Å². The van der Waals surface area contributed by atoms with Gasteiger partial charge in [0.05, 0.1) is 5.69 Å². The van der Waals surface area contributed by atoms with E-state index in [0.717, 1.165) is 49.9 Å². The molecule has 1 atom stereocenters. The molecule has 1 rings (SSSR count). The fourth-order valence-electron chi connectivity index (χ4n) is 3.39. The zero-order valence-corrected chi connectivity index (χ0v) is 17.9. The van der Waals surface area contributed by atoms with Crippen molar-refractivity contribution in [3.05, 3.63) is 17.0 Å². The summed E-state index contributed by atoms with van der Waals surface area (Å²) in [6, 6.07) is 0.511. The molecule has 0 aromatic carbocycles. The van der Waals surface area contributed by atoms with Crippen molar-refractivity contribution in [3.8, 4) is 0 Å². The Kier molecular flexibility index (Phi) is 10.3. The smallest absolute Gasteiger partial charge is 0.191 e. The number of aromatic nitrogens is 1. The Balaban J connectivity index is 2.67. The van der Waals surface area contributed by atoms with Crippen LogP contribution in [0.25, 0.3) is 0 Å². The summed E-state index contributed by atoms with van der Waals surface area (Å²) in [4.78, 5) is 6.90. The van der Waals surface area contributed by atoms with E-state index in [1.807, 2.05) is 7.05 Å². The van der Waals surface area contributed by atoms with Crippen molar-refractivity contribution in [2.45, 2.75) is 73.4 Å². The van der Waals surface area contributed by atoms with Crippen molar-refractivity contribution >= 4 is 5.96 Å². The lowest BCUT2D eigenvalue weighted by atomic mass is 10.0. The number of aliphatic imine (C=N–C) groups is 1. The largest absolute Gasteiger partial charge is 0.361 e. The van der Waals surface area contributed by atoms with Crippen LogP contribution in [-0.2, 0) is 19.4 Å². The van der Waals surface area contributed by atoms with E-state index in [1.165, 1.54) is 12.0 Å². The average molecular weight is 366 g/mol. The normalized spacial score (nSPS) is 13.5. The summed E-state index contributed by atoms with van der Waals surface area (Å²) in [5, 5.41) is 11.1. The molecule has 6 nitrogen and oxygen atoms in total. The summed E-state index contributed by atoms with van der Waals surface area (Å²) in [6.07, 6.45) is 2.91. The molecule has 0 saturated carbocycles. The van der Waals surface area contributed by atoms with Gasteiger partial charge in [0, 0.05) is 38.2 Å². The fraction of sp³-hybridized carbons (Fsp3) is 0.800. The maximum absolute atomic E-state index is 5.45. The van der Waals surface area contributed by atoms with Crippen molar-refractivity contribution in [2.24, 2.45) is 10.9 Å². The highest BCUT2D eigenvalue weighted by atomic mass is 16.5. The Morgan fingerprint density at radius 3 is 2.31 bits per heavy atom. The molecule has 6 heteroatoms. The van der Waals surface area contributed by atoms with Crippen LogP contribution in [-0.4, -0.2) is 48.7 Å². The van der Waals surface area contributed by atoms with E-state index in [9.17, 15) is 0 Å². The van der Waals surface area contributed by atoms with Crippen LogP contribution in [0.3, 0.4) is 0 Å². The second-order valence-electron chi connectivity index (χ2n) is 7.05. The molecule has 0 saturated heterocycles. The fourth-order valence-corrected chi connectivity index (χ4v) is 3.39. The van der Waals surface area contributed by atoms with Crippen LogP contribution in [0.15, 0.2) is 9.52 Å². The van der Waals surface area contributed by atoms with Crippen LogP contribution in [0.5, 0.6) is 0 Å². The molecule has 0 fully saturated rings. The van der Waals surface area contributed by atoms with Crippen LogP contribution in [0, 0.1) is 5.92 Å². The second-order valence-corrected chi connectivity index (χ2v) is 7.05. The van der Waals surface area contributed by atoms with E-state index in [2.05, 4.69) is 67.2 Å². The van der Waals surface area contributed by atoms with Gasteiger partial charge in [-0.1, -0.05) is 46.7 Å². The Morgan fingerprint density at radius 1 is 1.12 bits per heavy atom. The molecule has 0 bridgehead atoms. The Hall–Kier alpha value is -1.56. The lowest BCUT2D eigenvalue weighted by Crippen LogP contribution is -2.47. The SMILES string of the molecule is CCc1noc(CC)c1CNC(=NC)NCC(CC(C)C)N(CC)CC. The first-order chi connectivity index (χ1) is 12.5. The first-order valence-corrected chi connectivity index (χ1v) is 10.1. The summed E-state index contributed by atoms with van der Waals surface area (Å²) in [6.45, 7) is 17.0. The van der Waals surface area contributed by atoms with Crippen LogP contribution in [0.2, 0.25) is 0 Å². The number of nitrogens with one attached hydrogen (secondary N) is 2. The molecule has 0 spiro atoms. The number of rotatable bonds is 11. The summed E-state index contributed by atoms with van der Waals surface area (Å²) in [5.41, 5.74) is 2.20. The van der Waals surface area contributed by atoms with Crippen molar-refractivity contribution in [3.63, 3.8) is 0 Å². The third kappa shape index (κ3) is 6.63. The maximum atomic E-state index is 5.45. The molecule has 0 aliphatic heterocycles. The predicted octanol–water partition coefficient (Wildman–Crippen LogP) is 3.22. The second kappa shape index (κ2) is 11.9. The molecule has 0 amide bonds. The minimum atomic E-state index is 0.511.